The summed E-state index contributed by atoms with van der Waals surface area (Å²) in [5.41, 5.74) is 1.05. The highest BCUT2D eigenvalue weighted by molar-refractivity contribution is 5.91. The molecule has 1 heterocycles. The number of nitrogens with zero attached hydrogens (tertiary/aromatic N) is 2. The van der Waals surface area contributed by atoms with Gasteiger partial charge in [0.1, 0.15) is 6.42 Å². The summed E-state index contributed by atoms with van der Waals surface area (Å²) >= 11 is 0. The number of hydrogen-bond acceptors (Lipinski definition) is 5. The number of nitrogens with one attached hydrogen (secondary N) is 1. The summed E-state index contributed by atoms with van der Waals surface area (Å²) in [5.74, 6) is -0.789. The Balaban J connectivity index is 2.85. The molecular formula is C12H17N3O3. The minimum absolute atomic E-state index is 0.219. The van der Waals surface area contributed by atoms with Gasteiger partial charge in [-0.05, 0) is 20.4 Å². The first-order valence-electron chi connectivity index (χ1n) is 5.83. The molecule has 98 valence electrons. The van der Waals surface area contributed by atoms with Crippen LogP contribution in [0.3, 0.4) is 0 Å². The molecule has 0 bridgehead atoms. The monoisotopic (exact) mass is 251 g/mol. The summed E-state index contributed by atoms with van der Waals surface area (Å²) in [6, 6.07) is 1.77. The molecule has 0 radical (unpaired) electrons. The Labute approximate surface area is 106 Å². The van der Waals surface area contributed by atoms with Crippen LogP contribution in [0, 0.1) is 11.3 Å². The highest BCUT2D eigenvalue weighted by Crippen LogP contribution is 2.16. The predicted octanol–water partition coefficient (Wildman–Crippen LogP) is 0.169. The summed E-state index contributed by atoms with van der Waals surface area (Å²) < 4.78 is 4.96. The van der Waals surface area contributed by atoms with Gasteiger partial charge in [0.15, 0.2) is 0 Å². The molecule has 1 amide bonds. The van der Waals surface area contributed by atoms with Gasteiger partial charge in [-0.1, -0.05) is 0 Å². The fourth-order valence-corrected chi connectivity index (χ4v) is 1.74. The summed E-state index contributed by atoms with van der Waals surface area (Å²) in [6.45, 7) is 3.26. The molecule has 18 heavy (non-hydrogen) atoms. The third-order valence-electron chi connectivity index (χ3n) is 2.59. The molecule has 6 heteroatoms. The Bertz CT molecular complexity index is 409. The van der Waals surface area contributed by atoms with Gasteiger partial charge in [-0.15, -0.1) is 0 Å². The Morgan fingerprint density at radius 2 is 2.28 bits per heavy atom. The van der Waals surface area contributed by atoms with Gasteiger partial charge in [-0.2, -0.15) is 5.26 Å². The van der Waals surface area contributed by atoms with E-state index in [9.17, 15) is 9.59 Å². The number of rotatable bonds is 4. The number of ether oxygens (including phenoxy) is 1. The number of likely N-dealkylation sites (N-methyl/N-ethyl adjacent to an activating group) is 1. The second-order valence-electron chi connectivity index (χ2n) is 4.05. The van der Waals surface area contributed by atoms with E-state index in [1.807, 2.05) is 11.9 Å². The number of amides is 1. The lowest BCUT2D eigenvalue weighted by Crippen LogP contribution is -2.38. The largest absolute Gasteiger partial charge is 0.463 e. The molecule has 1 aliphatic heterocycles. The van der Waals surface area contributed by atoms with Gasteiger partial charge in [-0.25, -0.2) is 4.79 Å². The number of carbonyl (C=O) groups excluding carboxylic acids is 2. The number of esters is 1. The average Bonchev–Trinajstić information content (AvgIpc) is 2.29. The maximum absolute atomic E-state index is 11.7. The normalized spacial score (nSPS) is 16.1. The minimum atomic E-state index is -0.399. The SMILES string of the molecule is CCOC(=O)C1=C(NC(=O)CC#N)CN(C)CC1. The van der Waals surface area contributed by atoms with E-state index >= 15 is 0 Å². The van der Waals surface area contributed by atoms with E-state index in [0.717, 1.165) is 6.54 Å². The molecule has 0 fully saturated rings. The van der Waals surface area contributed by atoms with Crippen LogP contribution in [0.1, 0.15) is 19.8 Å². The van der Waals surface area contributed by atoms with Gasteiger partial charge in [-0.3, -0.25) is 4.79 Å². The second kappa shape index (κ2) is 6.77. The van der Waals surface area contributed by atoms with Gasteiger partial charge >= 0.3 is 5.97 Å². The molecule has 1 N–H and O–H groups in total. The van der Waals surface area contributed by atoms with Crippen molar-refractivity contribution in [1.29, 1.82) is 5.26 Å². The molecule has 0 saturated carbocycles. The molecular weight excluding hydrogens is 234 g/mol. The third kappa shape index (κ3) is 3.86. The molecule has 0 saturated heterocycles. The van der Waals surface area contributed by atoms with Gasteiger partial charge in [0, 0.05) is 18.8 Å². The summed E-state index contributed by atoms with van der Waals surface area (Å²) in [4.78, 5) is 25.1. The minimum Gasteiger partial charge on any atom is -0.463 e. The van der Waals surface area contributed by atoms with E-state index in [-0.39, 0.29) is 6.42 Å². The van der Waals surface area contributed by atoms with E-state index in [4.69, 9.17) is 10.00 Å². The highest BCUT2D eigenvalue weighted by Gasteiger charge is 2.23. The molecule has 1 rings (SSSR count). The molecule has 1 aliphatic rings. The smallest absolute Gasteiger partial charge is 0.335 e. The molecule has 0 aromatic rings. The molecule has 0 unspecified atom stereocenters. The third-order valence-corrected chi connectivity index (χ3v) is 2.59. The zero-order valence-electron chi connectivity index (χ0n) is 10.7. The average molecular weight is 251 g/mol. The van der Waals surface area contributed by atoms with Crippen molar-refractivity contribution in [3.05, 3.63) is 11.3 Å². The van der Waals surface area contributed by atoms with Crippen LogP contribution in [0.5, 0.6) is 0 Å². The topological polar surface area (TPSA) is 82.4 Å². The van der Waals surface area contributed by atoms with E-state index in [0.29, 0.717) is 30.8 Å². The number of nitriles is 1. The Morgan fingerprint density at radius 3 is 2.89 bits per heavy atom. The van der Waals surface area contributed by atoms with Crippen molar-refractivity contribution < 1.29 is 14.3 Å². The lowest BCUT2D eigenvalue weighted by Gasteiger charge is -2.26. The van der Waals surface area contributed by atoms with Gasteiger partial charge < -0.3 is 15.0 Å². The molecule has 6 nitrogen and oxygen atoms in total. The van der Waals surface area contributed by atoms with Crippen molar-refractivity contribution in [1.82, 2.24) is 10.2 Å². The summed E-state index contributed by atoms with van der Waals surface area (Å²) in [7, 11) is 1.90. The second-order valence-corrected chi connectivity index (χ2v) is 4.05. The lowest BCUT2D eigenvalue weighted by molar-refractivity contribution is -0.138. The lowest BCUT2D eigenvalue weighted by atomic mass is 10.1. The molecule has 0 aromatic heterocycles. The zero-order valence-corrected chi connectivity index (χ0v) is 10.7. The zero-order chi connectivity index (χ0) is 13.5. The van der Waals surface area contributed by atoms with Crippen LogP contribution in [0.2, 0.25) is 0 Å². The van der Waals surface area contributed by atoms with Crippen molar-refractivity contribution in [2.24, 2.45) is 0 Å². The first-order chi connectivity index (χ1) is 8.58. The standard InChI is InChI=1S/C12H17N3O3/c1-3-18-12(17)9-5-7-15(2)8-10(9)14-11(16)4-6-13/h3-5,7-8H2,1-2H3,(H,14,16). The van der Waals surface area contributed by atoms with Crippen LogP contribution in [-0.4, -0.2) is 43.5 Å². The van der Waals surface area contributed by atoms with Crippen molar-refractivity contribution in [2.75, 3.05) is 26.7 Å². The predicted molar refractivity (Wildman–Crippen MR) is 64.1 cm³/mol. The van der Waals surface area contributed by atoms with Crippen LogP contribution in [0.15, 0.2) is 11.3 Å². The summed E-state index contributed by atoms with van der Waals surface area (Å²) in [6.07, 6.45) is 0.320. The molecule has 0 aliphatic carbocycles. The molecule has 0 spiro atoms. The van der Waals surface area contributed by atoms with Crippen molar-refractivity contribution in [2.45, 2.75) is 19.8 Å². The van der Waals surface area contributed by atoms with E-state index in [1.54, 1.807) is 13.0 Å². The van der Waals surface area contributed by atoms with E-state index in [1.165, 1.54) is 0 Å². The van der Waals surface area contributed by atoms with E-state index in [2.05, 4.69) is 5.32 Å². The molecule has 0 atom stereocenters. The fraction of sp³-hybridized carbons (Fsp3) is 0.583. The van der Waals surface area contributed by atoms with E-state index < -0.39 is 11.9 Å². The number of carbonyl (C=O) groups is 2. The van der Waals surface area contributed by atoms with Crippen LogP contribution in [0.25, 0.3) is 0 Å². The van der Waals surface area contributed by atoms with Crippen LogP contribution < -0.4 is 5.32 Å². The molecule has 0 aromatic carbocycles. The van der Waals surface area contributed by atoms with Gasteiger partial charge in [0.2, 0.25) is 5.91 Å². The van der Waals surface area contributed by atoms with Crippen LogP contribution >= 0.6 is 0 Å². The summed E-state index contributed by atoms with van der Waals surface area (Å²) in [5, 5.41) is 11.1. The van der Waals surface area contributed by atoms with Crippen LogP contribution in [-0.2, 0) is 14.3 Å². The maximum Gasteiger partial charge on any atom is 0.335 e. The first-order valence-corrected chi connectivity index (χ1v) is 5.83. The van der Waals surface area contributed by atoms with Gasteiger partial charge in [0.05, 0.1) is 18.2 Å². The van der Waals surface area contributed by atoms with Crippen LogP contribution in [0.4, 0.5) is 0 Å². The number of hydrogen-bond donors (Lipinski definition) is 1. The van der Waals surface area contributed by atoms with Gasteiger partial charge in [0.25, 0.3) is 0 Å². The Hall–Kier alpha value is -1.87. The van der Waals surface area contributed by atoms with Crippen molar-refractivity contribution in [3.63, 3.8) is 0 Å². The van der Waals surface area contributed by atoms with Crippen molar-refractivity contribution in [3.8, 4) is 6.07 Å². The highest BCUT2D eigenvalue weighted by atomic mass is 16.5. The fourth-order valence-electron chi connectivity index (χ4n) is 1.74. The first kappa shape index (κ1) is 14.2. The quantitative estimate of drug-likeness (QED) is 0.720. The Kier molecular flexibility index (Phi) is 5.33. The van der Waals surface area contributed by atoms with Crippen molar-refractivity contribution >= 4 is 11.9 Å². The maximum atomic E-state index is 11.7. The Morgan fingerprint density at radius 1 is 1.56 bits per heavy atom.